The number of carbonyl (C=O) groups excluding carboxylic acids is 2. The Bertz CT molecular complexity index is 652. The number of ether oxygens (including phenoxy) is 1. The predicted molar refractivity (Wildman–Crippen MR) is 73.6 cm³/mol. The summed E-state index contributed by atoms with van der Waals surface area (Å²) in [6.07, 6.45) is -5.36. The fourth-order valence-electron chi connectivity index (χ4n) is 2.55. The van der Waals surface area contributed by atoms with E-state index in [0.717, 1.165) is 0 Å². The van der Waals surface area contributed by atoms with E-state index in [9.17, 15) is 33.0 Å². The molecular formula is C14H15F3N2O5. The van der Waals surface area contributed by atoms with Gasteiger partial charge in [0, 0.05) is 5.56 Å². The molecule has 0 saturated carbocycles. The van der Waals surface area contributed by atoms with Gasteiger partial charge in [-0.2, -0.15) is 13.2 Å². The van der Waals surface area contributed by atoms with Gasteiger partial charge in [-0.3, -0.25) is 4.79 Å². The van der Waals surface area contributed by atoms with Crippen LogP contribution in [0.4, 0.5) is 18.0 Å². The number of hydrogen-bond acceptors (Lipinski definition) is 5. The molecule has 10 heteroatoms. The van der Waals surface area contributed by atoms with Gasteiger partial charge in [-0.15, -0.1) is 0 Å². The lowest BCUT2D eigenvalue weighted by atomic mass is 9.81. The fourth-order valence-corrected chi connectivity index (χ4v) is 2.55. The van der Waals surface area contributed by atoms with Crippen LogP contribution in [0.2, 0.25) is 0 Å². The van der Waals surface area contributed by atoms with Gasteiger partial charge in [0.05, 0.1) is 12.6 Å². The van der Waals surface area contributed by atoms with Gasteiger partial charge in [-0.05, 0) is 13.0 Å². The molecule has 0 bridgehead atoms. The summed E-state index contributed by atoms with van der Waals surface area (Å²) in [7, 11) is 0. The van der Waals surface area contributed by atoms with Crippen LogP contribution in [0.1, 0.15) is 18.5 Å². The van der Waals surface area contributed by atoms with Crippen molar-refractivity contribution in [1.82, 2.24) is 10.6 Å². The zero-order valence-electron chi connectivity index (χ0n) is 12.4. The maximum Gasteiger partial charge on any atom is 0.437 e. The van der Waals surface area contributed by atoms with Crippen molar-refractivity contribution in [2.45, 2.75) is 24.9 Å². The Labute approximate surface area is 134 Å². The van der Waals surface area contributed by atoms with Gasteiger partial charge >= 0.3 is 18.2 Å². The van der Waals surface area contributed by atoms with Crippen LogP contribution in [-0.4, -0.2) is 40.7 Å². The third kappa shape index (κ3) is 2.96. The molecule has 0 aliphatic carbocycles. The van der Waals surface area contributed by atoms with Crippen molar-refractivity contribution in [2.24, 2.45) is 5.92 Å². The van der Waals surface area contributed by atoms with Gasteiger partial charge in [0.25, 0.3) is 5.72 Å². The third-order valence-corrected chi connectivity index (χ3v) is 3.62. The summed E-state index contributed by atoms with van der Waals surface area (Å²) in [5.74, 6) is -4.08. The van der Waals surface area contributed by atoms with Gasteiger partial charge < -0.3 is 25.6 Å². The molecule has 3 atom stereocenters. The quantitative estimate of drug-likeness (QED) is 0.614. The van der Waals surface area contributed by atoms with E-state index in [2.05, 4.69) is 10.1 Å². The monoisotopic (exact) mass is 348 g/mol. The van der Waals surface area contributed by atoms with Crippen molar-refractivity contribution in [1.29, 1.82) is 0 Å². The highest BCUT2D eigenvalue weighted by atomic mass is 19.4. The lowest BCUT2D eigenvalue weighted by Gasteiger charge is -2.44. The maximum absolute atomic E-state index is 13.4. The van der Waals surface area contributed by atoms with E-state index in [1.54, 1.807) is 0 Å². The summed E-state index contributed by atoms with van der Waals surface area (Å²) in [6.45, 7) is 1.15. The molecule has 1 aromatic rings. The van der Waals surface area contributed by atoms with Crippen LogP contribution >= 0.6 is 0 Å². The molecule has 24 heavy (non-hydrogen) atoms. The Balaban J connectivity index is 2.60. The van der Waals surface area contributed by atoms with Gasteiger partial charge in [-0.25, -0.2) is 4.79 Å². The zero-order chi connectivity index (χ0) is 18.1. The van der Waals surface area contributed by atoms with Crippen molar-refractivity contribution in [3.05, 3.63) is 29.8 Å². The number of amides is 2. The number of urea groups is 1. The minimum atomic E-state index is -5.36. The number of halogens is 3. The molecule has 7 nitrogen and oxygen atoms in total. The summed E-state index contributed by atoms with van der Waals surface area (Å²) in [6, 6.07) is 2.23. The highest BCUT2D eigenvalue weighted by molar-refractivity contribution is 5.83. The van der Waals surface area contributed by atoms with Crippen molar-refractivity contribution >= 4 is 12.0 Å². The minimum absolute atomic E-state index is 0.159. The molecule has 1 aliphatic heterocycles. The average molecular weight is 348 g/mol. The Kier molecular flexibility index (Phi) is 4.61. The number of phenols is 1. The molecule has 2 rings (SSSR count). The van der Waals surface area contributed by atoms with E-state index in [4.69, 9.17) is 0 Å². The summed E-state index contributed by atoms with van der Waals surface area (Å²) in [4.78, 5) is 23.7. The second-order valence-corrected chi connectivity index (χ2v) is 5.13. The van der Waals surface area contributed by atoms with Gasteiger partial charge in [0.2, 0.25) is 0 Å². The van der Waals surface area contributed by atoms with Crippen LogP contribution in [0.15, 0.2) is 24.3 Å². The first-order valence-corrected chi connectivity index (χ1v) is 6.94. The summed E-state index contributed by atoms with van der Waals surface area (Å²) in [5, 5.41) is 23.4. The van der Waals surface area contributed by atoms with Crippen LogP contribution in [0.25, 0.3) is 0 Å². The van der Waals surface area contributed by atoms with E-state index in [-0.39, 0.29) is 12.2 Å². The van der Waals surface area contributed by atoms with Crippen LogP contribution in [0.5, 0.6) is 5.75 Å². The van der Waals surface area contributed by atoms with Crippen molar-refractivity contribution < 1.29 is 37.7 Å². The van der Waals surface area contributed by atoms with Crippen LogP contribution in [-0.2, 0) is 9.53 Å². The molecule has 4 N–H and O–H groups in total. The van der Waals surface area contributed by atoms with Crippen LogP contribution in [0, 0.1) is 5.92 Å². The van der Waals surface area contributed by atoms with E-state index in [0.29, 0.717) is 0 Å². The molecule has 0 spiro atoms. The van der Waals surface area contributed by atoms with E-state index >= 15 is 0 Å². The number of aromatic hydroxyl groups is 1. The number of alkyl halides is 3. The number of hydrogen-bond donors (Lipinski definition) is 4. The number of aliphatic hydroxyl groups is 1. The fraction of sp³-hybridized carbons (Fsp3) is 0.429. The van der Waals surface area contributed by atoms with Crippen molar-refractivity contribution in [3.8, 4) is 5.75 Å². The summed E-state index contributed by atoms with van der Waals surface area (Å²) < 4.78 is 44.8. The van der Waals surface area contributed by atoms with Crippen LogP contribution < -0.4 is 10.6 Å². The number of benzene rings is 1. The molecule has 0 radical (unpaired) electrons. The van der Waals surface area contributed by atoms with Crippen LogP contribution in [0.3, 0.4) is 0 Å². The first-order chi connectivity index (χ1) is 11.1. The van der Waals surface area contributed by atoms with Crippen molar-refractivity contribution in [2.75, 3.05) is 6.61 Å². The molecule has 0 aromatic heterocycles. The number of nitrogens with one attached hydrogen (secondary N) is 2. The van der Waals surface area contributed by atoms with E-state index in [1.807, 2.05) is 0 Å². The SMILES string of the molecule is CCOC(=O)[C@H]1[C@@H](c2ccccc2O)NC(=O)N[C@]1(O)C(F)(F)F. The number of para-hydroxylation sites is 1. The predicted octanol–water partition coefficient (Wildman–Crippen LogP) is 1.18. The minimum Gasteiger partial charge on any atom is -0.508 e. The molecule has 1 aromatic carbocycles. The molecule has 1 saturated heterocycles. The molecule has 1 heterocycles. The molecule has 1 fully saturated rings. The first-order valence-electron chi connectivity index (χ1n) is 6.94. The number of phenolic OH excluding ortho intramolecular Hbond substituents is 1. The molecular weight excluding hydrogens is 333 g/mol. The zero-order valence-corrected chi connectivity index (χ0v) is 12.4. The Morgan fingerprint density at radius 2 is 2.00 bits per heavy atom. The second-order valence-electron chi connectivity index (χ2n) is 5.13. The number of rotatable bonds is 3. The average Bonchev–Trinajstić information content (AvgIpc) is 2.45. The largest absolute Gasteiger partial charge is 0.508 e. The first kappa shape index (κ1) is 17.9. The second kappa shape index (κ2) is 6.19. The standard InChI is InChI=1S/C14H15F3N2O5/c1-2-24-11(21)9-10(7-5-3-4-6-8(7)20)18-12(22)19-13(9,23)14(15,16)17/h3-6,9-10,20,23H,2H2,1H3,(H2,18,19,22)/t9-,10-,13-/m1/s1. The Morgan fingerprint density at radius 3 is 2.54 bits per heavy atom. The van der Waals surface area contributed by atoms with Gasteiger partial charge in [0.1, 0.15) is 11.7 Å². The lowest BCUT2D eigenvalue weighted by molar-refractivity contribution is -0.294. The maximum atomic E-state index is 13.4. The molecule has 132 valence electrons. The topological polar surface area (TPSA) is 108 Å². The molecule has 0 unspecified atom stereocenters. The van der Waals surface area contributed by atoms with Gasteiger partial charge in [0.15, 0.2) is 0 Å². The number of esters is 1. The third-order valence-electron chi connectivity index (χ3n) is 3.62. The smallest absolute Gasteiger partial charge is 0.437 e. The highest BCUT2D eigenvalue weighted by Crippen LogP contribution is 2.44. The normalized spacial score (nSPS) is 27.1. The summed E-state index contributed by atoms with van der Waals surface area (Å²) >= 11 is 0. The lowest BCUT2D eigenvalue weighted by Crippen LogP contribution is -2.73. The van der Waals surface area contributed by atoms with E-state index < -0.39 is 41.6 Å². The van der Waals surface area contributed by atoms with Crippen molar-refractivity contribution in [3.63, 3.8) is 0 Å². The Hall–Kier alpha value is -2.49. The Morgan fingerprint density at radius 1 is 1.38 bits per heavy atom. The molecule has 2 amide bonds. The molecule has 1 aliphatic rings. The van der Waals surface area contributed by atoms with E-state index in [1.165, 1.54) is 36.5 Å². The highest BCUT2D eigenvalue weighted by Gasteiger charge is 2.67. The summed E-state index contributed by atoms with van der Waals surface area (Å²) in [5.41, 5.74) is -4.01. The number of carbonyl (C=O) groups is 2. The van der Waals surface area contributed by atoms with Gasteiger partial charge in [-0.1, -0.05) is 18.2 Å².